The molecule has 4 nitrogen and oxygen atoms in total. The number of aryl methyl sites for hydroxylation is 1. The molecule has 0 spiro atoms. The fraction of sp³-hybridized carbons (Fsp3) is 0.273. The number of hydrogen-bond donors (Lipinski definition) is 0. The Hall–Kier alpha value is -1.36. The lowest BCUT2D eigenvalue weighted by atomic mass is 10.2. The summed E-state index contributed by atoms with van der Waals surface area (Å²) in [6.45, 7) is 2.16. The van der Waals surface area contributed by atoms with E-state index >= 15 is 0 Å². The number of nitrogens with zero attached hydrogens (tertiary/aromatic N) is 2. The topological polar surface area (TPSA) is 44.1 Å². The summed E-state index contributed by atoms with van der Waals surface area (Å²) in [6, 6.07) is 5.34. The summed E-state index contributed by atoms with van der Waals surface area (Å²) in [6.07, 6.45) is 0. The lowest BCUT2D eigenvalue weighted by molar-refractivity contribution is 0.0526. The van der Waals surface area contributed by atoms with E-state index in [2.05, 4.69) is 21.0 Å². The Morgan fingerprint density at radius 2 is 2.31 bits per heavy atom. The minimum atomic E-state index is -0.314. The quantitative estimate of drug-likeness (QED) is 0.795. The number of ether oxygens (including phenoxy) is 1. The fourth-order valence-electron chi connectivity index (χ4n) is 1.51. The Morgan fingerprint density at radius 3 is 3.00 bits per heavy atom. The van der Waals surface area contributed by atoms with Crippen molar-refractivity contribution in [1.82, 2.24) is 9.78 Å². The number of benzene rings is 1. The van der Waals surface area contributed by atoms with Crippen molar-refractivity contribution in [2.75, 3.05) is 6.61 Å². The van der Waals surface area contributed by atoms with E-state index < -0.39 is 0 Å². The maximum Gasteiger partial charge on any atom is 0.338 e. The molecule has 0 N–H and O–H groups in total. The first-order valence-electron chi connectivity index (χ1n) is 4.93. The number of rotatable bonds is 2. The highest BCUT2D eigenvalue weighted by Gasteiger charge is 2.11. The maximum absolute atomic E-state index is 11.5. The zero-order valence-electron chi connectivity index (χ0n) is 9.03. The van der Waals surface area contributed by atoms with Crippen molar-refractivity contribution in [1.29, 1.82) is 0 Å². The largest absolute Gasteiger partial charge is 0.462 e. The van der Waals surface area contributed by atoms with E-state index in [9.17, 15) is 4.79 Å². The molecule has 0 saturated carbocycles. The molecule has 0 unspecified atom stereocenters. The van der Waals surface area contributed by atoms with Gasteiger partial charge in [0.15, 0.2) is 0 Å². The van der Waals surface area contributed by atoms with Crippen molar-refractivity contribution in [3.05, 3.63) is 28.4 Å². The average Bonchev–Trinajstić information content (AvgIpc) is 2.55. The first kappa shape index (κ1) is 11.1. The summed E-state index contributed by atoms with van der Waals surface area (Å²) in [5.74, 6) is -0.314. The van der Waals surface area contributed by atoms with Gasteiger partial charge in [-0.25, -0.2) is 4.79 Å². The monoisotopic (exact) mass is 282 g/mol. The summed E-state index contributed by atoms with van der Waals surface area (Å²) in [7, 11) is 1.84. The van der Waals surface area contributed by atoms with Crippen molar-refractivity contribution in [2.45, 2.75) is 6.92 Å². The molecule has 1 heterocycles. The van der Waals surface area contributed by atoms with Crippen LogP contribution in [0.2, 0.25) is 0 Å². The average molecular weight is 283 g/mol. The molecule has 1 aromatic heterocycles. The number of aromatic nitrogens is 2. The molecule has 0 aliphatic heterocycles. The third-order valence-electron chi connectivity index (χ3n) is 2.27. The van der Waals surface area contributed by atoms with Crippen LogP contribution in [-0.2, 0) is 11.8 Å². The Morgan fingerprint density at radius 1 is 1.56 bits per heavy atom. The van der Waals surface area contributed by atoms with Crippen LogP contribution in [0.5, 0.6) is 0 Å². The lowest BCUT2D eigenvalue weighted by Crippen LogP contribution is -2.04. The SMILES string of the molecule is CCOC(=O)c1ccc2c(Br)n(C)nc2c1. The highest BCUT2D eigenvalue weighted by molar-refractivity contribution is 9.10. The van der Waals surface area contributed by atoms with E-state index in [4.69, 9.17) is 4.74 Å². The van der Waals surface area contributed by atoms with E-state index in [0.29, 0.717) is 12.2 Å². The van der Waals surface area contributed by atoms with Crippen LogP contribution >= 0.6 is 15.9 Å². The number of halogens is 1. The van der Waals surface area contributed by atoms with Crippen LogP contribution in [0.4, 0.5) is 0 Å². The molecule has 0 atom stereocenters. The molecule has 2 rings (SSSR count). The van der Waals surface area contributed by atoms with Crippen LogP contribution in [-0.4, -0.2) is 22.4 Å². The molecular formula is C11H11BrN2O2. The molecule has 0 amide bonds. The van der Waals surface area contributed by atoms with Crippen molar-refractivity contribution < 1.29 is 9.53 Å². The zero-order valence-corrected chi connectivity index (χ0v) is 10.6. The third-order valence-corrected chi connectivity index (χ3v) is 3.21. The van der Waals surface area contributed by atoms with Gasteiger partial charge in [-0.05, 0) is 41.1 Å². The second-order valence-electron chi connectivity index (χ2n) is 3.37. The molecule has 2 aromatic rings. The molecule has 5 heteroatoms. The molecule has 0 aliphatic rings. The van der Waals surface area contributed by atoms with Crippen LogP contribution in [0, 0.1) is 0 Å². The van der Waals surface area contributed by atoms with Gasteiger partial charge in [0.05, 0.1) is 17.7 Å². The smallest absolute Gasteiger partial charge is 0.338 e. The number of fused-ring (bicyclic) bond motifs is 1. The van der Waals surface area contributed by atoms with E-state index in [1.54, 1.807) is 23.7 Å². The molecule has 0 fully saturated rings. The second kappa shape index (κ2) is 4.25. The Kier molecular flexibility index (Phi) is 2.96. The standard InChI is InChI=1S/C11H11BrN2O2/c1-3-16-11(15)7-4-5-8-9(6-7)13-14(2)10(8)12/h4-6H,3H2,1-2H3. The summed E-state index contributed by atoms with van der Waals surface area (Å²) < 4.78 is 7.55. The molecule has 16 heavy (non-hydrogen) atoms. The van der Waals surface area contributed by atoms with Crippen LogP contribution in [0.25, 0.3) is 10.9 Å². The minimum absolute atomic E-state index is 0.314. The zero-order chi connectivity index (χ0) is 11.7. The van der Waals surface area contributed by atoms with Gasteiger partial charge in [-0.3, -0.25) is 4.68 Å². The summed E-state index contributed by atoms with van der Waals surface area (Å²) in [4.78, 5) is 11.5. The summed E-state index contributed by atoms with van der Waals surface area (Å²) >= 11 is 3.43. The fourth-order valence-corrected chi connectivity index (χ4v) is 1.92. The highest BCUT2D eigenvalue weighted by Crippen LogP contribution is 2.23. The van der Waals surface area contributed by atoms with Crippen molar-refractivity contribution in [3.8, 4) is 0 Å². The normalized spacial score (nSPS) is 10.7. The maximum atomic E-state index is 11.5. The Labute approximate surface area is 101 Å². The van der Waals surface area contributed by atoms with Crippen LogP contribution in [0.15, 0.2) is 22.8 Å². The summed E-state index contributed by atoms with van der Waals surface area (Å²) in [5.41, 5.74) is 1.31. The molecule has 1 aromatic carbocycles. The van der Waals surface area contributed by atoms with Crippen LogP contribution in [0.3, 0.4) is 0 Å². The van der Waals surface area contributed by atoms with Gasteiger partial charge in [0.1, 0.15) is 4.60 Å². The van der Waals surface area contributed by atoms with E-state index in [1.165, 1.54) is 0 Å². The van der Waals surface area contributed by atoms with Gasteiger partial charge < -0.3 is 4.74 Å². The third kappa shape index (κ3) is 1.82. The molecule has 0 radical (unpaired) electrons. The van der Waals surface area contributed by atoms with Crippen molar-refractivity contribution >= 4 is 32.8 Å². The van der Waals surface area contributed by atoms with Gasteiger partial charge in [0.25, 0.3) is 0 Å². The molecule has 0 saturated heterocycles. The van der Waals surface area contributed by atoms with Gasteiger partial charge in [0.2, 0.25) is 0 Å². The first-order chi connectivity index (χ1) is 7.63. The van der Waals surface area contributed by atoms with E-state index in [1.807, 2.05) is 13.1 Å². The van der Waals surface area contributed by atoms with E-state index in [0.717, 1.165) is 15.5 Å². The van der Waals surface area contributed by atoms with Crippen molar-refractivity contribution in [3.63, 3.8) is 0 Å². The van der Waals surface area contributed by atoms with Crippen molar-refractivity contribution in [2.24, 2.45) is 7.05 Å². The lowest BCUT2D eigenvalue weighted by Gasteiger charge is -2.00. The highest BCUT2D eigenvalue weighted by atomic mass is 79.9. The van der Waals surface area contributed by atoms with Crippen LogP contribution < -0.4 is 0 Å². The van der Waals surface area contributed by atoms with Gasteiger partial charge in [0, 0.05) is 12.4 Å². The Balaban J connectivity index is 2.48. The van der Waals surface area contributed by atoms with Gasteiger partial charge >= 0.3 is 5.97 Å². The van der Waals surface area contributed by atoms with E-state index in [-0.39, 0.29) is 5.97 Å². The first-order valence-corrected chi connectivity index (χ1v) is 5.72. The van der Waals surface area contributed by atoms with Gasteiger partial charge in [-0.2, -0.15) is 5.10 Å². The molecule has 84 valence electrons. The second-order valence-corrected chi connectivity index (χ2v) is 4.12. The minimum Gasteiger partial charge on any atom is -0.462 e. The van der Waals surface area contributed by atoms with Gasteiger partial charge in [-0.15, -0.1) is 0 Å². The predicted octanol–water partition coefficient (Wildman–Crippen LogP) is 2.51. The summed E-state index contributed by atoms with van der Waals surface area (Å²) in [5, 5.41) is 5.26. The number of carbonyl (C=O) groups is 1. The number of carbonyl (C=O) groups excluding carboxylic acids is 1. The molecular weight excluding hydrogens is 272 g/mol. The number of esters is 1. The molecule has 0 bridgehead atoms. The number of hydrogen-bond acceptors (Lipinski definition) is 3. The molecule has 0 aliphatic carbocycles. The predicted molar refractivity (Wildman–Crippen MR) is 64.4 cm³/mol. The Bertz CT molecular complexity index is 548. The van der Waals surface area contributed by atoms with Crippen LogP contribution in [0.1, 0.15) is 17.3 Å². The van der Waals surface area contributed by atoms with Gasteiger partial charge in [-0.1, -0.05) is 0 Å².